The Morgan fingerprint density at radius 2 is 1.69 bits per heavy atom. The van der Waals surface area contributed by atoms with E-state index < -0.39 is 0 Å². The summed E-state index contributed by atoms with van der Waals surface area (Å²) in [6.45, 7) is 17.1. The van der Waals surface area contributed by atoms with Crippen LogP contribution < -0.4 is 0 Å². The highest BCUT2D eigenvalue weighted by atomic mass is 32.2. The van der Waals surface area contributed by atoms with Crippen LogP contribution in [0, 0.1) is 11.3 Å². The van der Waals surface area contributed by atoms with Crippen LogP contribution in [-0.4, -0.2) is 15.8 Å². The number of carbonyl (C=O) groups is 1. The maximum atomic E-state index is 12.1. The van der Waals surface area contributed by atoms with Gasteiger partial charge in [-0.05, 0) is 5.41 Å². The van der Waals surface area contributed by atoms with Gasteiger partial charge in [-0.15, -0.1) is 11.8 Å². The predicted molar refractivity (Wildman–Crippen MR) is 72.8 cm³/mol. The van der Waals surface area contributed by atoms with Crippen molar-refractivity contribution >= 4 is 17.5 Å². The van der Waals surface area contributed by atoms with Crippen molar-refractivity contribution in [2.45, 2.75) is 58.0 Å². The molecular formula is C14H24OS. The van der Waals surface area contributed by atoms with Crippen LogP contribution in [0.2, 0.25) is 0 Å². The Hall–Kier alpha value is -0.240. The van der Waals surface area contributed by atoms with Crippen LogP contribution in [0.4, 0.5) is 0 Å². The molecule has 0 aromatic heterocycles. The zero-order valence-corrected chi connectivity index (χ0v) is 12.2. The second-order valence-corrected chi connectivity index (χ2v) is 8.79. The number of hydrogen-bond donors (Lipinski definition) is 0. The summed E-state index contributed by atoms with van der Waals surface area (Å²) >= 11 is 1.88. The molecule has 1 aliphatic carbocycles. The molecule has 16 heavy (non-hydrogen) atoms. The molecule has 0 aliphatic heterocycles. The molecule has 0 saturated heterocycles. The van der Waals surface area contributed by atoms with Gasteiger partial charge in [0.25, 0.3) is 0 Å². The van der Waals surface area contributed by atoms with Crippen molar-refractivity contribution in [1.82, 2.24) is 0 Å². The summed E-state index contributed by atoms with van der Waals surface area (Å²) in [7, 11) is 0. The van der Waals surface area contributed by atoms with Gasteiger partial charge in [0.15, 0.2) is 0 Å². The minimum absolute atomic E-state index is 0.0152. The molecule has 2 atom stereocenters. The molecule has 0 N–H and O–H groups in total. The van der Waals surface area contributed by atoms with E-state index in [4.69, 9.17) is 0 Å². The van der Waals surface area contributed by atoms with Crippen LogP contribution in [0.5, 0.6) is 0 Å². The van der Waals surface area contributed by atoms with Gasteiger partial charge in [-0.3, -0.25) is 4.79 Å². The summed E-state index contributed by atoms with van der Waals surface area (Å²) in [5.74, 6) is 0.423. The Labute approximate surface area is 104 Å². The molecule has 1 aliphatic rings. The molecule has 0 amide bonds. The van der Waals surface area contributed by atoms with Gasteiger partial charge in [-0.2, -0.15) is 0 Å². The molecule has 2 heteroatoms. The molecule has 2 unspecified atom stereocenters. The first-order chi connectivity index (χ1) is 7.02. The van der Waals surface area contributed by atoms with E-state index >= 15 is 0 Å². The van der Waals surface area contributed by atoms with Gasteiger partial charge < -0.3 is 0 Å². The first-order valence-electron chi connectivity index (χ1n) is 5.91. The zero-order valence-electron chi connectivity index (χ0n) is 11.4. The molecule has 0 aromatic rings. The summed E-state index contributed by atoms with van der Waals surface area (Å²) in [6, 6.07) is 0. The van der Waals surface area contributed by atoms with E-state index in [-0.39, 0.29) is 16.1 Å². The topological polar surface area (TPSA) is 17.1 Å². The second kappa shape index (κ2) is 4.21. The minimum atomic E-state index is 0.0152. The van der Waals surface area contributed by atoms with Crippen LogP contribution in [0.25, 0.3) is 0 Å². The summed E-state index contributed by atoms with van der Waals surface area (Å²) < 4.78 is 0.195. The van der Waals surface area contributed by atoms with E-state index in [1.54, 1.807) is 0 Å². The van der Waals surface area contributed by atoms with Crippen molar-refractivity contribution in [3.8, 4) is 0 Å². The Kier molecular flexibility index (Phi) is 3.64. The molecule has 0 radical (unpaired) electrons. The highest BCUT2D eigenvalue weighted by Gasteiger charge is 2.43. The number of Topliss-reactive ketones (excluding diaryl/α,β-unsaturated/α-hetero) is 1. The first-order valence-corrected chi connectivity index (χ1v) is 6.79. The summed E-state index contributed by atoms with van der Waals surface area (Å²) in [5, 5.41) is 0.316. The van der Waals surface area contributed by atoms with E-state index in [1.807, 2.05) is 11.8 Å². The molecule has 0 spiro atoms. The molecule has 0 aromatic carbocycles. The van der Waals surface area contributed by atoms with Crippen molar-refractivity contribution < 1.29 is 4.79 Å². The SMILES string of the molecule is C=C1C(SC(C)(C)C)CC(=O)C1C(C)(C)C. The lowest BCUT2D eigenvalue weighted by molar-refractivity contribution is -0.122. The zero-order chi connectivity index (χ0) is 12.7. The lowest BCUT2D eigenvalue weighted by Crippen LogP contribution is -2.25. The van der Waals surface area contributed by atoms with Crippen LogP contribution in [0.15, 0.2) is 12.2 Å². The molecule has 0 bridgehead atoms. The van der Waals surface area contributed by atoms with Crippen LogP contribution in [-0.2, 0) is 4.79 Å². The third-order valence-corrected chi connectivity index (χ3v) is 4.32. The van der Waals surface area contributed by atoms with Crippen LogP contribution in [0.3, 0.4) is 0 Å². The van der Waals surface area contributed by atoms with Crippen LogP contribution >= 0.6 is 11.8 Å². The summed E-state index contributed by atoms with van der Waals surface area (Å²) in [6.07, 6.45) is 0.669. The lowest BCUT2D eigenvalue weighted by Gasteiger charge is -2.29. The van der Waals surface area contributed by atoms with Gasteiger partial charge in [0, 0.05) is 22.3 Å². The Morgan fingerprint density at radius 1 is 1.19 bits per heavy atom. The minimum Gasteiger partial charge on any atom is -0.299 e. The second-order valence-electron chi connectivity index (χ2n) is 6.76. The molecule has 92 valence electrons. The van der Waals surface area contributed by atoms with Crippen molar-refractivity contribution in [2.75, 3.05) is 0 Å². The molecular weight excluding hydrogens is 216 g/mol. The van der Waals surface area contributed by atoms with Gasteiger partial charge in [-0.25, -0.2) is 0 Å². The first kappa shape index (κ1) is 13.8. The number of carbonyl (C=O) groups excluding carboxylic acids is 1. The fourth-order valence-electron chi connectivity index (χ4n) is 2.41. The number of rotatable bonds is 1. The van der Waals surface area contributed by atoms with Crippen LogP contribution in [0.1, 0.15) is 48.0 Å². The van der Waals surface area contributed by atoms with E-state index in [0.29, 0.717) is 17.5 Å². The van der Waals surface area contributed by atoms with Gasteiger partial charge >= 0.3 is 0 Å². The van der Waals surface area contributed by atoms with Crippen molar-refractivity contribution in [3.63, 3.8) is 0 Å². The van der Waals surface area contributed by atoms with Crippen molar-refractivity contribution in [1.29, 1.82) is 0 Å². The van der Waals surface area contributed by atoms with Gasteiger partial charge in [0.2, 0.25) is 0 Å². The fourth-order valence-corrected chi connectivity index (χ4v) is 3.80. The lowest BCUT2D eigenvalue weighted by atomic mass is 9.77. The number of ketones is 1. The fraction of sp³-hybridized carbons (Fsp3) is 0.786. The highest BCUT2D eigenvalue weighted by Crippen LogP contribution is 2.47. The summed E-state index contributed by atoms with van der Waals surface area (Å²) in [5.41, 5.74) is 1.15. The van der Waals surface area contributed by atoms with E-state index in [9.17, 15) is 4.79 Å². The maximum absolute atomic E-state index is 12.1. The third kappa shape index (κ3) is 3.13. The number of thioether (sulfide) groups is 1. The van der Waals surface area contributed by atoms with Crippen molar-refractivity contribution in [2.24, 2.45) is 11.3 Å². The van der Waals surface area contributed by atoms with Gasteiger partial charge in [-0.1, -0.05) is 53.7 Å². The van der Waals surface area contributed by atoms with Crippen molar-refractivity contribution in [3.05, 3.63) is 12.2 Å². The molecule has 1 fully saturated rings. The normalized spacial score (nSPS) is 27.6. The molecule has 1 saturated carbocycles. The van der Waals surface area contributed by atoms with Gasteiger partial charge in [0.1, 0.15) is 5.78 Å². The number of hydrogen-bond acceptors (Lipinski definition) is 2. The molecule has 1 rings (SSSR count). The largest absolute Gasteiger partial charge is 0.299 e. The average molecular weight is 240 g/mol. The third-order valence-electron chi connectivity index (χ3n) is 2.85. The highest BCUT2D eigenvalue weighted by molar-refractivity contribution is 8.01. The summed E-state index contributed by atoms with van der Waals surface area (Å²) in [4.78, 5) is 12.1. The van der Waals surface area contributed by atoms with E-state index in [2.05, 4.69) is 48.1 Å². The maximum Gasteiger partial charge on any atom is 0.141 e. The Balaban J connectivity index is 2.83. The predicted octanol–water partition coefficient (Wildman–Crippen LogP) is 4.08. The van der Waals surface area contributed by atoms with Gasteiger partial charge in [0.05, 0.1) is 0 Å². The van der Waals surface area contributed by atoms with E-state index in [0.717, 1.165) is 5.57 Å². The Bertz CT molecular complexity index is 304. The Morgan fingerprint density at radius 3 is 2.00 bits per heavy atom. The standard InChI is InChI=1S/C14H24OS/c1-9-11(16-14(5,6)7)8-10(15)12(9)13(2,3)4/h11-12H,1,8H2,2-7H3. The quantitative estimate of drug-likeness (QED) is 0.642. The molecule has 0 heterocycles. The smallest absolute Gasteiger partial charge is 0.141 e. The monoisotopic (exact) mass is 240 g/mol. The average Bonchev–Trinajstić information content (AvgIpc) is 2.21. The molecule has 1 nitrogen and oxygen atoms in total. The van der Waals surface area contributed by atoms with E-state index in [1.165, 1.54) is 0 Å².